The van der Waals surface area contributed by atoms with Crippen LogP contribution >= 0.6 is 0 Å². The van der Waals surface area contributed by atoms with Gasteiger partial charge in [0.05, 0.1) is 12.0 Å². The first-order chi connectivity index (χ1) is 11.8. The smallest absolute Gasteiger partial charge is 0.274 e. The molecule has 1 spiro atoms. The molecule has 4 rings (SSSR count). The number of halogens is 2. The minimum absolute atomic E-state index is 0.0536. The van der Waals surface area contributed by atoms with E-state index in [2.05, 4.69) is 5.10 Å². The predicted octanol–water partition coefficient (Wildman–Crippen LogP) is 1.53. The van der Waals surface area contributed by atoms with Crippen LogP contribution in [0.5, 0.6) is 0 Å². The van der Waals surface area contributed by atoms with Crippen LogP contribution in [0.1, 0.15) is 36.2 Å². The number of alkyl halides is 2. The Morgan fingerprint density at radius 1 is 1.36 bits per heavy atom. The molecule has 2 saturated heterocycles. The van der Waals surface area contributed by atoms with Crippen molar-refractivity contribution < 1.29 is 18.4 Å². The number of nitrogens with zero attached hydrogens (tertiary/aromatic N) is 4. The van der Waals surface area contributed by atoms with Crippen molar-refractivity contribution in [3.8, 4) is 0 Å². The van der Waals surface area contributed by atoms with Gasteiger partial charge in [0.1, 0.15) is 5.69 Å². The molecule has 3 aliphatic rings. The van der Waals surface area contributed by atoms with E-state index in [0.29, 0.717) is 25.4 Å². The summed E-state index contributed by atoms with van der Waals surface area (Å²) in [5.74, 6) is -3.28. The second kappa shape index (κ2) is 5.51. The highest BCUT2D eigenvalue weighted by atomic mass is 19.3. The maximum absolute atomic E-state index is 14.4. The second-order valence-electron chi connectivity index (χ2n) is 7.79. The van der Waals surface area contributed by atoms with E-state index in [-0.39, 0.29) is 18.1 Å². The third-order valence-corrected chi connectivity index (χ3v) is 5.51. The Morgan fingerprint density at radius 3 is 2.76 bits per heavy atom. The lowest BCUT2D eigenvalue weighted by molar-refractivity contribution is -0.151. The third-order valence-electron chi connectivity index (χ3n) is 5.51. The number of aryl methyl sites for hydroxylation is 1. The van der Waals surface area contributed by atoms with Crippen molar-refractivity contribution in [2.45, 2.75) is 31.6 Å². The largest absolute Gasteiger partial charge is 0.342 e. The molecule has 25 heavy (non-hydrogen) atoms. The lowest BCUT2D eigenvalue weighted by atomic mass is 9.77. The number of aromatic nitrogens is 2. The zero-order valence-electron chi connectivity index (χ0n) is 14.3. The van der Waals surface area contributed by atoms with Crippen LogP contribution in [0.25, 0.3) is 0 Å². The number of rotatable bonds is 3. The number of hydrogen-bond acceptors (Lipinski definition) is 3. The van der Waals surface area contributed by atoms with Gasteiger partial charge >= 0.3 is 0 Å². The summed E-state index contributed by atoms with van der Waals surface area (Å²) in [6.45, 7) is 0.579. The van der Waals surface area contributed by atoms with Gasteiger partial charge in [0.25, 0.3) is 11.8 Å². The lowest BCUT2D eigenvalue weighted by Gasteiger charge is -2.42. The highest BCUT2D eigenvalue weighted by Gasteiger charge is 2.58. The SMILES string of the molecule is Cn1ccc(C(=O)N2CC(F)(F)CC3(CCN(CC4CC4)C3=O)C2)n1. The molecule has 1 aromatic heterocycles. The van der Waals surface area contributed by atoms with Crippen molar-refractivity contribution in [2.75, 3.05) is 26.2 Å². The molecule has 0 bridgehead atoms. The highest BCUT2D eigenvalue weighted by Crippen LogP contribution is 2.46. The molecule has 1 saturated carbocycles. The van der Waals surface area contributed by atoms with Gasteiger partial charge in [-0.3, -0.25) is 14.3 Å². The molecule has 0 N–H and O–H groups in total. The van der Waals surface area contributed by atoms with Crippen LogP contribution in [0.3, 0.4) is 0 Å². The number of hydrogen-bond donors (Lipinski definition) is 0. The molecule has 6 nitrogen and oxygen atoms in total. The van der Waals surface area contributed by atoms with Crippen molar-refractivity contribution in [1.29, 1.82) is 0 Å². The molecule has 0 radical (unpaired) electrons. The normalized spacial score (nSPS) is 28.8. The lowest BCUT2D eigenvalue weighted by Crippen LogP contribution is -2.57. The van der Waals surface area contributed by atoms with Crippen LogP contribution in [-0.4, -0.2) is 63.5 Å². The van der Waals surface area contributed by atoms with E-state index in [4.69, 9.17) is 0 Å². The van der Waals surface area contributed by atoms with Crippen LogP contribution < -0.4 is 0 Å². The second-order valence-corrected chi connectivity index (χ2v) is 7.79. The summed E-state index contributed by atoms with van der Waals surface area (Å²) in [5.41, 5.74) is -1.02. The Kier molecular flexibility index (Phi) is 3.63. The molecule has 136 valence electrons. The first-order valence-electron chi connectivity index (χ1n) is 8.74. The van der Waals surface area contributed by atoms with Gasteiger partial charge < -0.3 is 9.80 Å². The predicted molar refractivity (Wildman–Crippen MR) is 85.0 cm³/mol. The molecule has 1 unspecified atom stereocenters. The monoisotopic (exact) mass is 352 g/mol. The molecule has 0 aromatic carbocycles. The maximum atomic E-state index is 14.4. The summed E-state index contributed by atoms with van der Waals surface area (Å²) >= 11 is 0. The Balaban J connectivity index is 1.56. The quantitative estimate of drug-likeness (QED) is 0.829. The molecule has 8 heteroatoms. The summed E-state index contributed by atoms with van der Waals surface area (Å²) in [6.07, 6.45) is 3.74. The van der Waals surface area contributed by atoms with Crippen molar-refractivity contribution in [3.63, 3.8) is 0 Å². The van der Waals surface area contributed by atoms with Gasteiger partial charge in [-0.1, -0.05) is 0 Å². The zero-order valence-corrected chi connectivity index (χ0v) is 14.3. The van der Waals surface area contributed by atoms with Gasteiger partial charge in [-0.15, -0.1) is 0 Å². The summed E-state index contributed by atoms with van der Waals surface area (Å²) in [6, 6.07) is 1.51. The zero-order chi connectivity index (χ0) is 17.8. The van der Waals surface area contributed by atoms with Crippen LogP contribution in [-0.2, 0) is 11.8 Å². The van der Waals surface area contributed by atoms with Crippen LogP contribution in [0.15, 0.2) is 12.3 Å². The van der Waals surface area contributed by atoms with E-state index in [1.54, 1.807) is 18.1 Å². The van der Waals surface area contributed by atoms with Gasteiger partial charge in [-0.05, 0) is 31.2 Å². The van der Waals surface area contributed by atoms with Crippen LogP contribution in [0.2, 0.25) is 0 Å². The van der Waals surface area contributed by atoms with E-state index in [1.807, 2.05) is 0 Å². The van der Waals surface area contributed by atoms with Crippen molar-refractivity contribution in [3.05, 3.63) is 18.0 Å². The number of carbonyl (C=O) groups is 2. The highest BCUT2D eigenvalue weighted by molar-refractivity contribution is 5.93. The number of piperidine rings is 1. The number of likely N-dealkylation sites (tertiary alicyclic amines) is 2. The molecule has 1 aliphatic carbocycles. The molecule has 3 heterocycles. The van der Waals surface area contributed by atoms with Gasteiger partial charge in [0.2, 0.25) is 5.91 Å². The molecular weight excluding hydrogens is 330 g/mol. The Bertz CT molecular complexity index is 715. The minimum atomic E-state index is -3.06. The fraction of sp³-hybridized carbons (Fsp3) is 0.706. The molecule has 1 aromatic rings. The van der Waals surface area contributed by atoms with Crippen molar-refractivity contribution in [1.82, 2.24) is 19.6 Å². The maximum Gasteiger partial charge on any atom is 0.274 e. The molecule has 2 aliphatic heterocycles. The number of carbonyl (C=O) groups excluding carboxylic acids is 2. The van der Waals surface area contributed by atoms with Gasteiger partial charge in [0, 0.05) is 39.3 Å². The first kappa shape index (κ1) is 16.5. The van der Waals surface area contributed by atoms with Gasteiger partial charge in [0.15, 0.2) is 0 Å². The standard InChI is InChI=1S/C17H22F2N4O2/c1-21-6-4-13(20-21)14(24)23-10-16(9-17(18,19)11-23)5-7-22(15(16)25)8-12-2-3-12/h4,6,12H,2-3,5,7-11H2,1H3. The summed E-state index contributed by atoms with van der Waals surface area (Å²) in [4.78, 5) is 28.3. The van der Waals surface area contributed by atoms with E-state index in [0.717, 1.165) is 17.7 Å². The van der Waals surface area contributed by atoms with Crippen LogP contribution in [0, 0.1) is 11.3 Å². The summed E-state index contributed by atoms with van der Waals surface area (Å²) in [5, 5.41) is 4.02. The summed E-state index contributed by atoms with van der Waals surface area (Å²) in [7, 11) is 1.67. The van der Waals surface area contributed by atoms with Crippen LogP contribution in [0.4, 0.5) is 8.78 Å². The average Bonchev–Trinajstić information content (AvgIpc) is 3.19. The van der Waals surface area contributed by atoms with Crippen molar-refractivity contribution >= 4 is 11.8 Å². The topological polar surface area (TPSA) is 58.4 Å². The molecule has 2 amide bonds. The molecular formula is C17H22F2N4O2. The third kappa shape index (κ3) is 3.02. The minimum Gasteiger partial charge on any atom is -0.342 e. The molecule has 3 fully saturated rings. The fourth-order valence-corrected chi connectivity index (χ4v) is 4.13. The van der Waals surface area contributed by atoms with E-state index < -0.39 is 30.2 Å². The Labute approximate surface area is 144 Å². The summed E-state index contributed by atoms with van der Waals surface area (Å²) < 4.78 is 30.3. The number of amides is 2. The van der Waals surface area contributed by atoms with Crippen molar-refractivity contribution in [2.24, 2.45) is 18.4 Å². The van der Waals surface area contributed by atoms with E-state index in [9.17, 15) is 18.4 Å². The van der Waals surface area contributed by atoms with E-state index in [1.165, 1.54) is 10.7 Å². The Hall–Kier alpha value is -1.99. The Morgan fingerprint density at radius 2 is 2.12 bits per heavy atom. The van der Waals surface area contributed by atoms with Gasteiger partial charge in [-0.25, -0.2) is 8.78 Å². The average molecular weight is 352 g/mol. The molecule has 1 atom stereocenters. The fourth-order valence-electron chi connectivity index (χ4n) is 4.13. The van der Waals surface area contributed by atoms with E-state index >= 15 is 0 Å². The van der Waals surface area contributed by atoms with Gasteiger partial charge in [-0.2, -0.15) is 5.10 Å². The first-order valence-corrected chi connectivity index (χ1v) is 8.74.